The van der Waals surface area contributed by atoms with E-state index in [-0.39, 0.29) is 0 Å². The Kier molecular flexibility index (Phi) is 5.12. The molecule has 0 aromatic carbocycles. The Morgan fingerprint density at radius 2 is 2.23 bits per heavy atom. The van der Waals surface area contributed by atoms with E-state index in [1.807, 2.05) is 18.4 Å². The monoisotopic (exact) mass is 320 g/mol. The molecule has 8 heteroatoms. The molecule has 1 aliphatic rings. The fraction of sp³-hybridized carbons (Fsp3) is 0.571. The maximum atomic E-state index is 5.40. The van der Waals surface area contributed by atoms with E-state index in [9.17, 15) is 0 Å². The van der Waals surface area contributed by atoms with E-state index in [0.29, 0.717) is 18.5 Å². The van der Waals surface area contributed by atoms with Crippen LogP contribution in [0.25, 0.3) is 0 Å². The first-order valence-corrected chi connectivity index (χ1v) is 8.37. The number of likely N-dealkylation sites (tertiary alicyclic amines) is 1. The fourth-order valence-electron chi connectivity index (χ4n) is 2.57. The third-order valence-corrected chi connectivity index (χ3v) is 4.22. The van der Waals surface area contributed by atoms with Crippen molar-refractivity contribution >= 4 is 17.4 Å². The van der Waals surface area contributed by atoms with Crippen LogP contribution in [0.1, 0.15) is 25.5 Å². The summed E-state index contributed by atoms with van der Waals surface area (Å²) in [6, 6.07) is 2.30. The van der Waals surface area contributed by atoms with Gasteiger partial charge in [0.25, 0.3) is 0 Å². The van der Waals surface area contributed by atoms with Crippen molar-refractivity contribution in [1.29, 1.82) is 0 Å². The summed E-state index contributed by atoms with van der Waals surface area (Å²) in [4.78, 5) is 10.8. The molecule has 1 aliphatic heterocycles. The van der Waals surface area contributed by atoms with Crippen molar-refractivity contribution in [2.75, 3.05) is 25.0 Å². The van der Waals surface area contributed by atoms with Crippen LogP contribution < -0.4 is 10.1 Å². The summed E-state index contributed by atoms with van der Waals surface area (Å²) in [7, 11) is 0. The minimum Gasteiger partial charge on any atom is -0.478 e. The Hall–Kier alpha value is -1.80. The van der Waals surface area contributed by atoms with Crippen LogP contribution in [-0.4, -0.2) is 50.2 Å². The van der Waals surface area contributed by atoms with Gasteiger partial charge in [-0.3, -0.25) is 4.90 Å². The van der Waals surface area contributed by atoms with E-state index in [4.69, 9.17) is 4.74 Å². The number of piperidine rings is 1. The van der Waals surface area contributed by atoms with Gasteiger partial charge in [-0.1, -0.05) is 4.49 Å². The summed E-state index contributed by atoms with van der Waals surface area (Å²) in [5.74, 6) is 1.45. The average Bonchev–Trinajstić information content (AvgIpc) is 3.03. The Morgan fingerprint density at radius 3 is 2.95 bits per heavy atom. The summed E-state index contributed by atoms with van der Waals surface area (Å²) in [6.45, 7) is 5.56. The molecule has 0 amide bonds. The minimum atomic E-state index is 0.439. The quantitative estimate of drug-likeness (QED) is 0.869. The molecule has 3 rings (SSSR count). The molecule has 0 atom stereocenters. The lowest BCUT2D eigenvalue weighted by molar-refractivity contribution is 0.209. The molecule has 1 N–H and O–H groups in total. The molecule has 2 aromatic heterocycles. The van der Waals surface area contributed by atoms with E-state index < -0.39 is 0 Å². The van der Waals surface area contributed by atoms with Crippen molar-refractivity contribution in [3.63, 3.8) is 0 Å². The van der Waals surface area contributed by atoms with Gasteiger partial charge in [0.1, 0.15) is 12.1 Å². The minimum absolute atomic E-state index is 0.439. The fourth-order valence-corrected chi connectivity index (χ4v) is 3.01. The van der Waals surface area contributed by atoms with Crippen LogP contribution in [0.2, 0.25) is 0 Å². The first-order chi connectivity index (χ1) is 10.8. The number of hydrogen-bond donors (Lipinski definition) is 1. The average molecular weight is 320 g/mol. The second-order valence-corrected chi connectivity index (χ2v) is 5.88. The maximum absolute atomic E-state index is 5.40. The first kappa shape index (κ1) is 15.1. The number of anilines is 1. The predicted molar refractivity (Wildman–Crippen MR) is 85.0 cm³/mol. The lowest BCUT2D eigenvalue weighted by Crippen LogP contribution is -2.38. The highest BCUT2D eigenvalue weighted by Gasteiger charge is 2.20. The number of aromatic nitrogens is 4. The maximum Gasteiger partial charge on any atom is 0.218 e. The molecular weight excluding hydrogens is 300 g/mol. The number of nitrogens with zero attached hydrogens (tertiary/aromatic N) is 5. The second kappa shape index (κ2) is 7.46. The smallest absolute Gasteiger partial charge is 0.218 e. The van der Waals surface area contributed by atoms with Gasteiger partial charge in [0.15, 0.2) is 0 Å². The van der Waals surface area contributed by atoms with Crippen LogP contribution in [0, 0.1) is 0 Å². The number of rotatable bonds is 6. The zero-order valence-electron chi connectivity index (χ0n) is 12.6. The Labute approximate surface area is 133 Å². The molecule has 3 heterocycles. The van der Waals surface area contributed by atoms with E-state index in [2.05, 4.69) is 29.8 Å². The van der Waals surface area contributed by atoms with E-state index in [0.717, 1.165) is 44.0 Å². The van der Waals surface area contributed by atoms with E-state index in [1.54, 1.807) is 0 Å². The van der Waals surface area contributed by atoms with Crippen molar-refractivity contribution in [1.82, 2.24) is 24.5 Å². The Morgan fingerprint density at radius 1 is 1.36 bits per heavy atom. The van der Waals surface area contributed by atoms with Gasteiger partial charge in [0, 0.05) is 37.1 Å². The normalized spacial score (nSPS) is 16.6. The molecule has 0 saturated carbocycles. The van der Waals surface area contributed by atoms with Crippen molar-refractivity contribution in [3.05, 3.63) is 23.5 Å². The van der Waals surface area contributed by atoms with Crippen molar-refractivity contribution in [2.45, 2.75) is 32.4 Å². The van der Waals surface area contributed by atoms with Crippen molar-refractivity contribution in [2.24, 2.45) is 0 Å². The molecular formula is C14H20N6OS. The predicted octanol–water partition coefficient (Wildman–Crippen LogP) is 1.80. The van der Waals surface area contributed by atoms with Crippen LogP contribution >= 0.6 is 11.5 Å². The highest BCUT2D eigenvalue weighted by molar-refractivity contribution is 7.03. The van der Waals surface area contributed by atoms with Crippen LogP contribution in [0.3, 0.4) is 0 Å². The Balaban J connectivity index is 1.48. The van der Waals surface area contributed by atoms with Gasteiger partial charge >= 0.3 is 0 Å². The molecule has 0 spiro atoms. The third kappa shape index (κ3) is 4.11. The third-order valence-electron chi connectivity index (χ3n) is 3.66. The molecule has 7 nitrogen and oxygen atoms in total. The summed E-state index contributed by atoms with van der Waals surface area (Å²) >= 11 is 1.41. The van der Waals surface area contributed by atoms with Gasteiger partial charge in [-0.2, -0.15) is 0 Å². The van der Waals surface area contributed by atoms with Crippen molar-refractivity contribution in [3.8, 4) is 5.88 Å². The lowest BCUT2D eigenvalue weighted by atomic mass is 10.0. The molecule has 2 aromatic rings. The molecule has 22 heavy (non-hydrogen) atoms. The first-order valence-electron chi connectivity index (χ1n) is 7.53. The standard InChI is InChI=1S/C14H20N6OS/c1-2-21-14-7-13(15-10-16-14)17-11-3-5-20(6-4-11)8-12-9-22-19-18-12/h7,9-11H,2-6,8H2,1H3,(H,15,16,17). The molecule has 0 aliphatic carbocycles. The molecule has 118 valence electrons. The van der Waals surface area contributed by atoms with Crippen LogP contribution in [0.15, 0.2) is 17.8 Å². The Bertz CT molecular complexity index is 570. The van der Waals surface area contributed by atoms with Crippen molar-refractivity contribution < 1.29 is 4.74 Å². The van der Waals surface area contributed by atoms with Gasteiger partial charge in [-0.15, -0.1) is 5.10 Å². The largest absolute Gasteiger partial charge is 0.478 e. The molecule has 0 unspecified atom stereocenters. The summed E-state index contributed by atoms with van der Waals surface area (Å²) in [5.41, 5.74) is 1.06. The second-order valence-electron chi connectivity index (χ2n) is 5.27. The zero-order valence-corrected chi connectivity index (χ0v) is 13.4. The lowest BCUT2D eigenvalue weighted by Gasteiger charge is -2.32. The van der Waals surface area contributed by atoms with Crippen LogP contribution in [-0.2, 0) is 6.54 Å². The SMILES string of the molecule is CCOc1cc(NC2CCN(Cc3csnn3)CC2)ncn1. The molecule has 1 saturated heterocycles. The number of hydrogen-bond acceptors (Lipinski definition) is 8. The number of ether oxygens (including phenoxy) is 1. The number of nitrogens with one attached hydrogen (secondary N) is 1. The summed E-state index contributed by atoms with van der Waals surface area (Å²) in [5, 5.41) is 9.59. The summed E-state index contributed by atoms with van der Waals surface area (Å²) < 4.78 is 9.31. The van der Waals surface area contributed by atoms with Gasteiger partial charge < -0.3 is 10.1 Å². The van der Waals surface area contributed by atoms with Crippen LogP contribution in [0.4, 0.5) is 5.82 Å². The highest BCUT2D eigenvalue weighted by atomic mass is 32.1. The molecule has 1 fully saturated rings. The summed E-state index contributed by atoms with van der Waals surface area (Å²) in [6.07, 6.45) is 3.72. The van der Waals surface area contributed by atoms with Gasteiger partial charge in [-0.25, -0.2) is 9.97 Å². The topological polar surface area (TPSA) is 76.1 Å². The van der Waals surface area contributed by atoms with E-state index >= 15 is 0 Å². The zero-order chi connectivity index (χ0) is 15.2. The van der Waals surface area contributed by atoms with Gasteiger partial charge in [0.2, 0.25) is 5.88 Å². The molecule has 0 radical (unpaired) electrons. The van der Waals surface area contributed by atoms with E-state index in [1.165, 1.54) is 17.9 Å². The van der Waals surface area contributed by atoms with Crippen LogP contribution in [0.5, 0.6) is 5.88 Å². The van der Waals surface area contributed by atoms with Gasteiger partial charge in [0.05, 0.1) is 12.3 Å². The molecule has 0 bridgehead atoms. The van der Waals surface area contributed by atoms with Gasteiger partial charge in [-0.05, 0) is 31.3 Å². The highest BCUT2D eigenvalue weighted by Crippen LogP contribution is 2.18.